The molecular weight excluding hydrogens is 274 g/mol. The van der Waals surface area contributed by atoms with Gasteiger partial charge in [-0.3, -0.25) is 4.79 Å². The molecule has 0 unspecified atom stereocenters. The number of hydrogen-bond donors (Lipinski definition) is 1. The summed E-state index contributed by atoms with van der Waals surface area (Å²) >= 11 is 0. The van der Waals surface area contributed by atoms with Gasteiger partial charge in [0.25, 0.3) is 5.78 Å². The molecule has 0 saturated heterocycles. The minimum absolute atomic E-state index is 0.0517. The quantitative estimate of drug-likeness (QED) is 0.494. The molecule has 6 heteroatoms. The molecule has 0 amide bonds. The maximum Gasteiger partial charge on any atom is 0.379 e. The first-order chi connectivity index (χ1) is 10.1. The first-order valence-corrected chi connectivity index (χ1v) is 6.52. The number of ether oxygens (including phenoxy) is 2. The second kappa shape index (κ2) is 6.41. The number of aromatic nitrogens is 1. The van der Waals surface area contributed by atoms with Crippen molar-refractivity contribution in [2.75, 3.05) is 20.8 Å². The Bertz CT molecular complexity index is 674. The fourth-order valence-corrected chi connectivity index (χ4v) is 2.21. The molecule has 0 bridgehead atoms. The van der Waals surface area contributed by atoms with Gasteiger partial charge in [0.05, 0.1) is 19.8 Å². The standard InChI is InChI=1S/C15H17NO5/c1-20-10-4-5-13-11(8-10)12(14(18)15(19)21-2)9-16(13)6-3-7-17/h4-5,8-9,17H,3,6-7H2,1-2H3. The minimum atomic E-state index is -0.904. The van der Waals surface area contributed by atoms with Crippen molar-refractivity contribution in [3.05, 3.63) is 30.0 Å². The Morgan fingerprint density at radius 2 is 2.05 bits per heavy atom. The van der Waals surface area contributed by atoms with Crippen LogP contribution < -0.4 is 4.74 Å². The van der Waals surface area contributed by atoms with E-state index in [1.54, 1.807) is 18.3 Å². The summed E-state index contributed by atoms with van der Waals surface area (Å²) in [5.41, 5.74) is 1.07. The third-order valence-electron chi connectivity index (χ3n) is 3.26. The van der Waals surface area contributed by atoms with Crippen LogP contribution in [0.1, 0.15) is 16.8 Å². The number of ketones is 1. The van der Waals surface area contributed by atoms with Gasteiger partial charge in [-0.25, -0.2) is 4.79 Å². The lowest BCUT2D eigenvalue weighted by Crippen LogP contribution is -2.15. The summed E-state index contributed by atoms with van der Waals surface area (Å²) in [4.78, 5) is 23.6. The van der Waals surface area contributed by atoms with Gasteiger partial charge >= 0.3 is 5.97 Å². The smallest absolute Gasteiger partial charge is 0.379 e. The van der Waals surface area contributed by atoms with E-state index in [1.807, 2.05) is 10.6 Å². The molecule has 1 heterocycles. The molecule has 1 aromatic carbocycles. The Kier molecular flexibility index (Phi) is 4.59. The number of aliphatic hydroxyl groups excluding tert-OH is 1. The van der Waals surface area contributed by atoms with Crippen LogP contribution in [0.4, 0.5) is 0 Å². The van der Waals surface area contributed by atoms with Gasteiger partial charge in [-0.1, -0.05) is 0 Å². The lowest BCUT2D eigenvalue weighted by atomic mass is 10.1. The van der Waals surface area contributed by atoms with Crippen molar-refractivity contribution in [3.63, 3.8) is 0 Å². The fourth-order valence-electron chi connectivity index (χ4n) is 2.21. The highest BCUT2D eigenvalue weighted by molar-refractivity contribution is 6.43. The molecule has 0 fully saturated rings. The highest BCUT2D eigenvalue weighted by Crippen LogP contribution is 2.27. The number of esters is 1. The van der Waals surface area contributed by atoms with Crippen LogP contribution in [-0.2, 0) is 16.1 Å². The monoisotopic (exact) mass is 291 g/mol. The predicted octanol–water partition coefficient (Wildman–Crippen LogP) is 1.39. The van der Waals surface area contributed by atoms with Crippen LogP contribution in [-0.4, -0.2) is 42.3 Å². The van der Waals surface area contributed by atoms with Gasteiger partial charge in [0, 0.05) is 30.3 Å². The highest BCUT2D eigenvalue weighted by atomic mass is 16.5. The van der Waals surface area contributed by atoms with Crippen LogP contribution in [0.5, 0.6) is 5.75 Å². The van der Waals surface area contributed by atoms with E-state index in [9.17, 15) is 9.59 Å². The lowest BCUT2D eigenvalue weighted by Gasteiger charge is -2.04. The Hall–Kier alpha value is -2.34. The van der Waals surface area contributed by atoms with Crippen LogP contribution in [0, 0.1) is 0 Å². The summed E-state index contributed by atoms with van der Waals surface area (Å²) < 4.78 is 11.5. The first kappa shape index (κ1) is 15.1. The molecule has 0 atom stereocenters. The van der Waals surface area contributed by atoms with Crippen molar-refractivity contribution in [2.24, 2.45) is 0 Å². The van der Waals surface area contributed by atoms with Crippen LogP contribution in [0.3, 0.4) is 0 Å². The molecule has 2 rings (SSSR count). The van der Waals surface area contributed by atoms with Gasteiger partial charge in [0.2, 0.25) is 0 Å². The van der Waals surface area contributed by atoms with E-state index in [0.717, 1.165) is 5.52 Å². The number of carbonyl (C=O) groups is 2. The normalized spacial score (nSPS) is 10.6. The Balaban J connectivity index is 2.56. The molecule has 0 aliphatic rings. The second-order valence-corrected chi connectivity index (χ2v) is 4.52. The van der Waals surface area contributed by atoms with Gasteiger partial charge in [-0.15, -0.1) is 0 Å². The number of carbonyl (C=O) groups excluding carboxylic acids is 2. The van der Waals surface area contributed by atoms with Crippen molar-refractivity contribution in [1.82, 2.24) is 4.57 Å². The van der Waals surface area contributed by atoms with Crippen LogP contribution in [0.2, 0.25) is 0 Å². The number of aryl methyl sites for hydroxylation is 1. The van der Waals surface area contributed by atoms with Crippen molar-refractivity contribution >= 4 is 22.7 Å². The van der Waals surface area contributed by atoms with Crippen molar-refractivity contribution in [2.45, 2.75) is 13.0 Å². The van der Waals surface area contributed by atoms with Gasteiger partial charge in [0.1, 0.15) is 5.75 Å². The molecule has 6 nitrogen and oxygen atoms in total. The van der Waals surface area contributed by atoms with E-state index in [1.165, 1.54) is 14.2 Å². The van der Waals surface area contributed by atoms with E-state index in [0.29, 0.717) is 24.1 Å². The van der Waals surface area contributed by atoms with E-state index < -0.39 is 11.8 Å². The largest absolute Gasteiger partial charge is 0.497 e. The third kappa shape index (κ3) is 2.90. The average molecular weight is 291 g/mol. The molecule has 0 radical (unpaired) electrons. The summed E-state index contributed by atoms with van der Waals surface area (Å²) in [6.07, 6.45) is 2.17. The molecule has 0 spiro atoms. The van der Waals surface area contributed by atoms with Gasteiger partial charge in [-0.05, 0) is 24.6 Å². The molecule has 2 aromatic rings. The van der Waals surface area contributed by atoms with Gasteiger partial charge < -0.3 is 19.1 Å². The Morgan fingerprint density at radius 3 is 2.67 bits per heavy atom. The maximum atomic E-state index is 12.1. The predicted molar refractivity (Wildman–Crippen MR) is 76.5 cm³/mol. The molecule has 1 N–H and O–H groups in total. The summed E-state index contributed by atoms with van der Waals surface area (Å²) in [6.45, 7) is 0.601. The number of aliphatic hydroxyl groups is 1. The van der Waals surface area contributed by atoms with Crippen molar-refractivity contribution in [1.29, 1.82) is 0 Å². The number of Topliss-reactive ketones (excluding diaryl/α,β-unsaturated/α-hetero) is 1. The van der Waals surface area contributed by atoms with E-state index in [2.05, 4.69) is 4.74 Å². The van der Waals surface area contributed by atoms with Gasteiger partial charge in [-0.2, -0.15) is 0 Å². The molecule has 0 aliphatic heterocycles. The van der Waals surface area contributed by atoms with E-state index >= 15 is 0 Å². The first-order valence-electron chi connectivity index (χ1n) is 6.52. The lowest BCUT2D eigenvalue weighted by molar-refractivity contribution is -0.135. The molecule has 0 aliphatic carbocycles. The van der Waals surface area contributed by atoms with Crippen molar-refractivity contribution in [3.8, 4) is 5.75 Å². The van der Waals surface area contributed by atoms with Crippen molar-refractivity contribution < 1.29 is 24.2 Å². The van der Waals surface area contributed by atoms with Crippen LogP contribution in [0.25, 0.3) is 10.9 Å². The number of rotatable bonds is 6. The highest BCUT2D eigenvalue weighted by Gasteiger charge is 2.22. The zero-order chi connectivity index (χ0) is 15.4. The average Bonchev–Trinajstić information content (AvgIpc) is 2.89. The second-order valence-electron chi connectivity index (χ2n) is 4.52. The molecular formula is C15H17NO5. The van der Waals surface area contributed by atoms with Crippen LogP contribution in [0.15, 0.2) is 24.4 Å². The molecule has 21 heavy (non-hydrogen) atoms. The summed E-state index contributed by atoms with van der Waals surface area (Å²) in [5, 5.41) is 9.58. The SMILES string of the molecule is COC(=O)C(=O)c1cn(CCCO)c2ccc(OC)cc12. The molecule has 1 aromatic heterocycles. The van der Waals surface area contributed by atoms with E-state index in [4.69, 9.17) is 9.84 Å². The number of nitrogens with zero attached hydrogens (tertiary/aromatic N) is 1. The third-order valence-corrected chi connectivity index (χ3v) is 3.26. The Labute approximate surface area is 121 Å². The number of hydrogen-bond acceptors (Lipinski definition) is 5. The summed E-state index contributed by atoms with van der Waals surface area (Å²) in [5.74, 6) is -1.00. The Morgan fingerprint density at radius 1 is 1.29 bits per heavy atom. The fraction of sp³-hybridized carbons (Fsp3) is 0.333. The number of benzene rings is 1. The topological polar surface area (TPSA) is 77.8 Å². The summed E-state index contributed by atoms with van der Waals surface area (Å²) in [6, 6.07) is 5.31. The summed E-state index contributed by atoms with van der Waals surface area (Å²) in [7, 11) is 2.71. The van der Waals surface area contributed by atoms with Crippen LogP contribution >= 0.6 is 0 Å². The molecule has 0 saturated carbocycles. The minimum Gasteiger partial charge on any atom is -0.497 e. The number of methoxy groups -OCH3 is 2. The molecule has 112 valence electrons. The van der Waals surface area contributed by atoms with E-state index in [-0.39, 0.29) is 12.2 Å². The van der Waals surface area contributed by atoms with Gasteiger partial charge in [0.15, 0.2) is 0 Å². The zero-order valence-electron chi connectivity index (χ0n) is 12.0. The maximum absolute atomic E-state index is 12.1. The zero-order valence-corrected chi connectivity index (χ0v) is 12.0. The number of fused-ring (bicyclic) bond motifs is 1.